The van der Waals surface area contributed by atoms with E-state index in [1.54, 1.807) is 11.8 Å². The van der Waals surface area contributed by atoms with Gasteiger partial charge in [-0.1, -0.05) is 31.4 Å². The molecule has 1 saturated carbocycles. The van der Waals surface area contributed by atoms with Crippen LogP contribution in [0.15, 0.2) is 24.3 Å². The lowest BCUT2D eigenvalue weighted by molar-refractivity contribution is -0.121. The number of hydrogen-bond donors (Lipinski definition) is 1. The van der Waals surface area contributed by atoms with E-state index in [0.29, 0.717) is 19.2 Å². The van der Waals surface area contributed by atoms with Crippen molar-refractivity contribution in [1.82, 2.24) is 14.9 Å². The average molecular weight is 376 g/mol. The number of nitrogens with zero attached hydrogens (tertiary/aromatic N) is 2. The summed E-state index contributed by atoms with van der Waals surface area (Å²) in [5.41, 5.74) is 1.97. The van der Waals surface area contributed by atoms with Crippen LogP contribution >= 0.6 is 11.8 Å². The summed E-state index contributed by atoms with van der Waals surface area (Å²) in [5, 5.41) is 3.02. The van der Waals surface area contributed by atoms with E-state index in [2.05, 4.69) is 16.6 Å². The molecule has 1 aliphatic rings. The Labute approximate surface area is 159 Å². The summed E-state index contributed by atoms with van der Waals surface area (Å²) in [6, 6.07) is 7.99. The van der Waals surface area contributed by atoms with E-state index in [9.17, 15) is 4.79 Å². The third-order valence-corrected chi connectivity index (χ3v) is 5.40. The van der Waals surface area contributed by atoms with E-state index < -0.39 is 0 Å². The van der Waals surface area contributed by atoms with Crippen molar-refractivity contribution in [3.8, 4) is 0 Å². The molecule has 0 atom stereocenters. The van der Waals surface area contributed by atoms with Crippen LogP contribution in [-0.2, 0) is 21.8 Å². The van der Waals surface area contributed by atoms with Gasteiger partial charge in [-0.3, -0.25) is 4.79 Å². The minimum Gasteiger partial charge on any atom is -0.378 e. The van der Waals surface area contributed by atoms with Gasteiger partial charge in [0.05, 0.1) is 22.9 Å². The van der Waals surface area contributed by atoms with E-state index in [1.807, 2.05) is 28.8 Å². The van der Waals surface area contributed by atoms with Gasteiger partial charge in [-0.15, -0.1) is 0 Å². The van der Waals surface area contributed by atoms with Crippen LogP contribution in [0.3, 0.4) is 0 Å². The van der Waals surface area contributed by atoms with Crippen LogP contribution < -0.4 is 5.32 Å². The molecule has 1 aromatic carbocycles. The highest BCUT2D eigenvalue weighted by atomic mass is 32.2. The van der Waals surface area contributed by atoms with Gasteiger partial charge in [-0.2, -0.15) is 11.8 Å². The molecule has 1 heterocycles. The van der Waals surface area contributed by atoms with Gasteiger partial charge in [0.2, 0.25) is 5.91 Å². The highest BCUT2D eigenvalue weighted by Crippen LogP contribution is 2.20. The maximum atomic E-state index is 12.4. The molecular formula is C20H29N3O2S. The predicted octanol–water partition coefficient (Wildman–Crippen LogP) is 3.75. The Kier molecular flexibility index (Phi) is 7.38. The number of nitrogens with one attached hydrogen (secondary N) is 1. The highest BCUT2D eigenvalue weighted by molar-refractivity contribution is 7.97. The van der Waals surface area contributed by atoms with Crippen molar-refractivity contribution < 1.29 is 9.53 Å². The number of ether oxygens (including phenoxy) is 1. The smallest absolute Gasteiger partial charge is 0.240 e. The lowest BCUT2D eigenvalue weighted by Gasteiger charge is -2.21. The third kappa shape index (κ3) is 5.24. The van der Waals surface area contributed by atoms with Gasteiger partial charge >= 0.3 is 0 Å². The topological polar surface area (TPSA) is 56.2 Å². The molecule has 0 unspecified atom stereocenters. The summed E-state index contributed by atoms with van der Waals surface area (Å²) in [6.07, 6.45) is 9.66. The minimum absolute atomic E-state index is 0.0353. The predicted molar refractivity (Wildman–Crippen MR) is 107 cm³/mol. The molecular weight excluding hydrogens is 346 g/mol. The number of aromatic nitrogens is 2. The zero-order valence-corrected chi connectivity index (χ0v) is 16.4. The minimum atomic E-state index is 0.0353. The summed E-state index contributed by atoms with van der Waals surface area (Å²) in [7, 11) is 0. The number of hydrogen-bond acceptors (Lipinski definition) is 4. The summed E-state index contributed by atoms with van der Waals surface area (Å²) in [6.45, 7) is 1.71. The molecule has 5 nitrogen and oxygen atoms in total. The zero-order chi connectivity index (χ0) is 18.2. The number of carbonyl (C=O) groups excluding carboxylic acids is 1. The number of amides is 1. The number of thioether (sulfide) groups is 1. The summed E-state index contributed by atoms with van der Waals surface area (Å²) < 4.78 is 7.94. The van der Waals surface area contributed by atoms with Gasteiger partial charge < -0.3 is 14.6 Å². The van der Waals surface area contributed by atoms with Crippen LogP contribution in [0.1, 0.15) is 44.3 Å². The number of rotatable bonds is 9. The van der Waals surface area contributed by atoms with E-state index in [4.69, 9.17) is 4.74 Å². The second kappa shape index (κ2) is 9.97. The maximum Gasteiger partial charge on any atom is 0.240 e. The van der Waals surface area contributed by atoms with Crippen molar-refractivity contribution in [2.75, 3.05) is 19.4 Å². The van der Waals surface area contributed by atoms with Crippen molar-refractivity contribution in [3.63, 3.8) is 0 Å². The number of fused-ring (bicyclic) bond motifs is 1. The van der Waals surface area contributed by atoms with E-state index in [1.165, 1.54) is 32.1 Å². The monoisotopic (exact) mass is 375 g/mol. The fraction of sp³-hybridized carbons (Fsp3) is 0.600. The number of benzene rings is 1. The van der Waals surface area contributed by atoms with Gasteiger partial charge in [0, 0.05) is 13.2 Å². The fourth-order valence-electron chi connectivity index (χ4n) is 3.52. The average Bonchev–Trinajstić information content (AvgIpc) is 3.00. The van der Waals surface area contributed by atoms with Crippen LogP contribution in [0.25, 0.3) is 11.0 Å². The van der Waals surface area contributed by atoms with Gasteiger partial charge in [-0.05, 0) is 37.7 Å². The largest absolute Gasteiger partial charge is 0.378 e. The second-order valence-electron chi connectivity index (χ2n) is 6.87. The Bertz CT molecular complexity index is 710. The quantitative estimate of drug-likeness (QED) is 0.678. The van der Waals surface area contributed by atoms with E-state index in [0.717, 1.165) is 35.6 Å². The lowest BCUT2D eigenvalue weighted by atomic mass is 9.98. The first-order valence-corrected chi connectivity index (χ1v) is 11.0. The standard InChI is InChI=1S/C20H29N3O2S/c1-26-15-19-22-17-10-5-6-11-18(17)23(19)14-20(24)21-12-7-13-25-16-8-3-2-4-9-16/h5-6,10-11,16H,2-4,7-9,12-15H2,1H3,(H,21,24). The first-order valence-electron chi connectivity index (χ1n) is 9.59. The molecule has 3 rings (SSSR count). The number of imidazole rings is 1. The van der Waals surface area contributed by atoms with Crippen LogP contribution in [0.4, 0.5) is 0 Å². The third-order valence-electron chi connectivity index (χ3n) is 4.86. The molecule has 1 fully saturated rings. The summed E-state index contributed by atoms with van der Waals surface area (Å²) in [5.74, 6) is 1.79. The molecule has 26 heavy (non-hydrogen) atoms. The zero-order valence-electron chi connectivity index (χ0n) is 15.6. The molecule has 1 N–H and O–H groups in total. The molecule has 6 heteroatoms. The number of para-hydroxylation sites is 2. The molecule has 1 amide bonds. The Hall–Kier alpha value is -1.53. The first kappa shape index (κ1) is 19.2. The van der Waals surface area contributed by atoms with Crippen molar-refractivity contribution in [3.05, 3.63) is 30.1 Å². The highest BCUT2D eigenvalue weighted by Gasteiger charge is 2.14. The van der Waals surface area contributed by atoms with E-state index in [-0.39, 0.29) is 5.91 Å². The molecule has 1 aliphatic carbocycles. The molecule has 0 saturated heterocycles. The lowest BCUT2D eigenvalue weighted by Crippen LogP contribution is -2.30. The first-order chi connectivity index (χ1) is 12.8. The van der Waals surface area contributed by atoms with E-state index >= 15 is 0 Å². The molecule has 0 aliphatic heterocycles. The van der Waals surface area contributed by atoms with Crippen molar-refractivity contribution in [2.24, 2.45) is 0 Å². The van der Waals surface area contributed by atoms with Gasteiger partial charge in [0.1, 0.15) is 12.4 Å². The summed E-state index contributed by atoms with van der Waals surface area (Å²) in [4.78, 5) is 17.0. The Morgan fingerprint density at radius 3 is 2.92 bits per heavy atom. The van der Waals surface area contributed by atoms with Crippen molar-refractivity contribution in [1.29, 1.82) is 0 Å². The molecule has 0 spiro atoms. The molecule has 2 aromatic rings. The molecule has 142 valence electrons. The molecule has 1 aromatic heterocycles. The van der Waals surface area contributed by atoms with Gasteiger partial charge in [-0.25, -0.2) is 4.98 Å². The Morgan fingerprint density at radius 2 is 2.12 bits per heavy atom. The molecule has 0 radical (unpaired) electrons. The van der Waals surface area contributed by atoms with Gasteiger partial charge in [0.15, 0.2) is 0 Å². The maximum absolute atomic E-state index is 12.4. The van der Waals surface area contributed by atoms with Crippen LogP contribution in [0.2, 0.25) is 0 Å². The Morgan fingerprint density at radius 1 is 1.31 bits per heavy atom. The van der Waals surface area contributed by atoms with Crippen LogP contribution in [-0.4, -0.2) is 41.0 Å². The second-order valence-corrected chi connectivity index (χ2v) is 7.74. The number of carbonyl (C=O) groups is 1. The van der Waals surface area contributed by atoms with Crippen LogP contribution in [0.5, 0.6) is 0 Å². The molecule has 0 bridgehead atoms. The summed E-state index contributed by atoms with van der Waals surface area (Å²) >= 11 is 1.72. The fourth-order valence-corrected chi connectivity index (χ4v) is 4.00. The normalized spacial score (nSPS) is 15.4. The van der Waals surface area contributed by atoms with Crippen LogP contribution in [0, 0.1) is 0 Å². The van der Waals surface area contributed by atoms with Crippen molar-refractivity contribution in [2.45, 2.75) is 56.9 Å². The Balaban J connectivity index is 1.45. The SMILES string of the molecule is CSCc1nc2ccccc2n1CC(=O)NCCCOC1CCCCC1. The van der Waals surface area contributed by atoms with Crippen molar-refractivity contribution >= 4 is 28.7 Å². The van der Waals surface area contributed by atoms with Gasteiger partial charge in [0.25, 0.3) is 0 Å².